The van der Waals surface area contributed by atoms with E-state index in [1.54, 1.807) is 0 Å². The van der Waals surface area contributed by atoms with Crippen LogP contribution >= 0.6 is 10.7 Å². The number of benzene rings is 1. The fraction of sp³-hybridized carbons (Fsp3) is 0.125. The summed E-state index contributed by atoms with van der Waals surface area (Å²) in [5.74, 6) is -2.75. The summed E-state index contributed by atoms with van der Waals surface area (Å²) < 4.78 is 39.9. The molecule has 0 heterocycles. The summed E-state index contributed by atoms with van der Waals surface area (Å²) in [7, 11) is 1.26. The number of nitro groups is 1. The topological polar surface area (TPSA) is 104 Å². The Morgan fingerprint density at radius 3 is 2.44 bits per heavy atom. The number of methoxy groups -OCH3 is 1. The third-order valence-corrected chi connectivity index (χ3v) is 3.22. The van der Waals surface area contributed by atoms with Gasteiger partial charge in [-0.1, -0.05) is 0 Å². The van der Waals surface area contributed by atoms with Crippen molar-refractivity contribution in [1.29, 1.82) is 0 Å². The fourth-order valence-electron chi connectivity index (χ4n) is 1.12. The highest BCUT2D eigenvalue weighted by atomic mass is 35.7. The van der Waals surface area contributed by atoms with Crippen LogP contribution in [0.4, 0.5) is 10.1 Å². The minimum absolute atomic E-state index is 0.421. The Labute approximate surface area is 105 Å². The van der Waals surface area contributed by atoms with Gasteiger partial charge in [0, 0.05) is 22.8 Å². The van der Waals surface area contributed by atoms with Crippen molar-refractivity contribution in [1.82, 2.24) is 0 Å². The minimum Gasteiger partial charge on any atom is -0.465 e. The lowest BCUT2D eigenvalue weighted by molar-refractivity contribution is -0.385. The fourth-order valence-corrected chi connectivity index (χ4v) is 2.05. The van der Waals surface area contributed by atoms with E-state index >= 15 is 0 Å². The highest BCUT2D eigenvalue weighted by Gasteiger charge is 2.27. The van der Waals surface area contributed by atoms with Gasteiger partial charge in [0.15, 0.2) is 5.82 Å². The predicted octanol–water partition coefficient (Wildman–Crippen LogP) is 1.45. The number of carbonyl (C=O) groups excluding carboxylic acids is 1. The Balaban J connectivity index is 3.69. The van der Waals surface area contributed by atoms with Gasteiger partial charge in [-0.05, 0) is 0 Å². The molecule has 0 aromatic heterocycles. The summed E-state index contributed by atoms with van der Waals surface area (Å²) in [4.78, 5) is 19.6. The number of nitrogens with zero attached hydrogens (tertiary/aromatic N) is 1. The Bertz CT molecular complexity index is 629. The van der Waals surface area contributed by atoms with Gasteiger partial charge in [0.1, 0.15) is 10.5 Å². The molecule has 0 unspecified atom stereocenters. The molecular formula is C8H5ClFNO6S. The lowest BCUT2D eigenvalue weighted by Gasteiger charge is -2.04. The molecule has 0 atom stereocenters. The normalized spacial score (nSPS) is 11.1. The molecule has 0 saturated carbocycles. The lowest BCUT2D eigenvalue weighted by Crippen LogP contribution is -2.09. The second kappa shape index (κ2) is 4.86. The molecule has 0 N–H and O–H groups in total. The molecule has 0 aliphatic rings. The van der Waals surface area contributed by atoms with Gasteiger partial charge < -0.3 is 4.74 Å². The summed E-state index contributed by atoms with van der Waals surface area (Å²) in [6, 6.07) is 0.983. The Morgan fingerprint density at radius 2 is 2.06 bits per heavy atom. The summed E-state index contributed by atoms with van der Waals surface area (Å²) in [5, 5.41) is 10.5. The van der Waals surface area contributed by atoms with Gasteiger partial charge >= 0.3 is 5.97 Å². The number of esters is 1. The molecule has 0 amide bonds. The average Bonchev–Trinajstić information content (AvgIpc) is 2.26. The van der Waals surface area contributed by atoms with Gasteiger partial charge in [-0.15, -0.1) is 0 Å². The molecule has 18 heavy (non-hydrogen) atoms. The average molecular weight is 298 g/mol. The summed E-state index contributed by atoms with van der Waals surface area (Å²) in [6.45, 7) is 0. The van der Waals surface area contributed by atoms with E-state index in [0.717, 1.165) is 7.11 Å². The number of rotatable bonds is 3. The Hall–Kier alpha value is -1.74. The zero-order valence-corrected chi connectivity index (χ0v) is 10.3. The van der Waals surface area contributed by atoms with Crippen molar-refractivity contribution < 1.29 is 27.3 Å². The molecule has 0 fully saturated rings. The van der Waals surface area contributed by atoms with Gasteiger partial charge in [-0.25, -0.2) is 17.6 Å². The van der Waals surface area contributed by atoms with Crippen LogP contribution in [0.5, 0.6) is 0 Å². The van der Waals surface area contributed by atoms with Gasteiger partial charge in [0.25, 0.3) is 14.7 Å². The van der Waals surface area contributed by atoms with E-state index in [2.05, 4.69) is 4.74 Å². The SMILES string of the molecule is COC(=O)c1cc([N+](=O)[O-])cc(S(=O)(=O)Cl)c1F. The summed E-state index contributed by atoms with van der Waals surface area (Å²) in [6.07, 6.45) is 0. The van der Waals surface area contributed by atoms with Crippen LogP contribution in [0.2, 0.25) is 0 Å². The molecule has 98 valence electrons. The number of non-ortho nitro benzene ring substituents is 1. The van der Waals surface area contributed by atoms with Crippen molar-refractivity contribution in [2.24, 2.45) is 0 Å². The predicted molar refractivity (Wildman–Crippen MR) is 57.4 cm³/mol. The standard InChI is InChI=1S/C8H5ClFNO6S/c1-17-8(12)5-2-4(11(13)14)3-6(7(5)10)18(9,15)16/h2-3H,1H3. The molecule has 0 aliphatic heterocycles. The molecule has 0 radical (unpaired) electrons. The Kier molecular flexibility index (Phi) is 3.87. The van der Waals surface area contributed by atoms with Gasteiger partial charge in [-0.3, -0.25) is 10.1 Å². The molecular weight excluding hydrogens is 293 g/mol. The first-order chi connectivity index (χ1) is 8.18. The van der Waals surface area contributed by atoms with Crippen LogP contribution in [0.3, 0.4) is 0 Å². The van der Waals surface area contributed by atoms with Crippen molar-refractivity contribution in [3.63, 3.8) is 0 Å². The van der Waals surface area contributed by atoms with Crippen molar-refractivity contribution in [2.75, 3.05) is 7.11 Å². The van der Waals surface area contributed by atoms with E-state index in [-0.39, 0.29) is 0 Å². The van der Waals surface area contributed by atoms with E-state index in [1.807, 2.05) is 0 Å². The maximum atomic E-state index is 13.7. The van der Waals surface area contributed by atoms with Crippen LogP contribution in [0.15, 0.2) is 17.0 Å². The van der Waals surface area contributed by atoms with Crippen LogP contribution in [-0.2, 0) is 13.8 Å². The van der Waals surface area contributed by atoms with E-state index in [0.29, 0.717) is 12.1 Å². The summed E-state index contributed by atoms with van der Waals surface area (Å²) >= 11 is 0. The monoisotopic (exact) mass is 297 g/mol. The number of ether oxygens (including phenoxy) is 1. The smallest absolute Gasteiger partial charge is 0.341 e. The highest BCUT2D eigenvalue weighted by Crippen LogP contribution is 2.27. The second-order valence-electron chi connectivity index (χ2n) is 2.99. The molecule has 1 rings (SSSR count). The van der Waals surface area contributed by atoms with Crippen LogP contribution in [0.1, 0.15) is 10.4 Å². The van der Waals surface area contributed by atoms with Crippen molar-refractivity contribution in [2.45, 2.75) is 4.90 Å². The van der Waals surface area contributed by atoms with Crippen molar-refractivity contribution in [3.05, 3.63) is 33.6 Å². The molecule has 0 saturated heterocycles. The molecule has 0 aliphatic carbocycles. The van der Waals surface area contributed by atoms with Gasteiger partial charge in [0.2, 0.25) is 0 Å². The number of hydrogen-bond donors (Lipinski definition) is 0. The maximum Gasteiger partial charge on any atom is 0.341 e. The number of hydrogen-bond acceptors (Lipinski definition) is 6. The van der Waals surface area contributed by atoms with Crippen LogP contribution in [0.25, 0.3) is 0 Å². The lowest BCUT2D eigenvalue weighted by atomic mass is 10.2. The molecule has 1 aromatic rings. The summed E-state index contributed by atoms with van der Waals surface area (Å²) in [5.41, 5.74) is -1.68. The van der Waals surface area contributed by atoms with Gasteiger partial charge in [0.05, 0.1) is 12.0 Å². The van der Waals surface area contributed by atoms with Crippen LogP contribution < -0.4 is 0 Å². The van der Waals surface area contributed by atoms with E-state index in [4.69, 9.17) is 10.7 Å². The van der Waals surface area contributed by atoms with Crippen molar-refractivity contribution >= 4 is 31.4 Å². The highest BCUT2D eigenvalue weighted by molar-refractivity contribution is 8.13. The first kappa shape index (κ1) is 14.3. The molecule has 0 spiro atoms. The molecule has 7 nitrogen and oxygen atoms in total. The van der Waals surface area contributed by atoms with E-state index in [1.165, 1.54) is 0 Å². The third kappa shape index (κ3) is 2.74. The molecule has 1 aromatic carbocycles. The number of nitro benzene ring substituents is 1. The van der Waals surface area contributed by atoms with Crippen molar-refractivity contribution in [3.8, 4) is 0 Å². The quantitative estimate of drug-likeness (QED) is 0.362. The van der Waals surface area contributed by atoms with E-state index < -0.39 is 41.9 Å². The zero-order chi connectivity index (χ0) is 14.1. The maximum absolute atomic E-state index is 13.7. The second-order valence-corrected chi connectivity index (χ2v) is 5.53. The largest absolute Gasteiger partial charge is 0.465 e. The Morgan fingerprint density at radius 1 is 1.50 bits per heavy atom. The van der Waals surface area contributed by atoms with E-state index in [9.17, 15) is 27.7 Å². The third-order valence-electron chi connectivity index (χ3n) is 1.90. The minimum atomic E-state index is -4.57. The first-order valence-electron chi connectivity index (χ1n) is 4.19. The number of halogens is 2. The van der Waals surface area contributed by atoms with Crippen LogP contribution in [0, 0.1) is 15.9 Å². The van der Waals surface area contributed by atoms with Gasteiger partial charge in [-0.2, -0.15) is 0 Å². The first-order valence-corrected chi connectivity index (χ1v) is 6.50. The molecule has 10 heteroatoms. The zero-order valence-electron chi connectivity index (χ0n) is 8.72. The molecule has 0 bridgehead atoms. The number of carbonyl (C=O) groups is 1. The van der Waals surface area contributed by atoms with Crippen LogP contribution in [-0.4, -0.2) is 26.4 Å².